The molecule has 0 saturated heterocycles. The Morgan fingerprint density at radius 2 is 1.60 bits per heavy atom. The molecule has 0 bridgehead atoms. The number of aliphatic carboxylic acids is 1. The minimum absolute atomic E-state index is 0.0607. The van der Waals surface area contributed by atoms with Crippen LogP contribution < -0.4 is 10.6 Å². The molecule has 1 unspecified atom stereocenters. The fraction of sp³-hybridized carbons (Fsp3) is 0.464. The first-order valence-electron chi connectivity index (χ1n) is 12.3. The summed E-state index contributed by atoms with van der Waals surface area (Å²) in [5.74, 6) is -1.62. The molecule has 2 aromatic rings. The van der Waals surface area contributed by atoms with Gasteiger partial charge in [-0.3, -0.25) is 9.59 Å². The first-order chi connectivity index (χ1) is 16.6. The molecule has 2 aliphatic rings. The van der Waals surface area contributed by atoms with Gasteiger partial charge in [0.2, 0.25) is 5.91 Å². The molecule has 35 heavy (non-hydrogen) atoms. The number of ether oxygens (including phenoxy) is 1. The fourth-order valence-corrected chi connectivity index (χ4v) is 5.24. The van der Waals surface area contributed by atoms with Crippen LogP contribution in [-0.4, -0.2) is 41.8 Å². The maximum absolute atomic E-state index is 13.0. The third-order valence-electron chi connectivity index (χ3n) is 6.90. The van der Waals surface area contributed by atoms with E-state index < -0.39 is 24.0 Å². The Balaban J connectivity index is 1.39. The summed E-state index contributed by atoms with van der Waals surface area (Å²) in [7, 11) is 0. The largest absolute Gasteiger partial charge is 0.481 e. The maximum atomic E-state index is 13.0. The maximum Gasteiger partial charge on any atom is 0.407 e. The number of carboxylic acids is 1. The van der Waals surface area contributed by atoms with E-state index in [-0.39, 0.29) is 29.9 Å². The van der Waals surface area contributed by atoms with Gasteiger partial charge in [0.25, 0.3) is 0 Å². The van der Waals surface area contributed by atoms with Crippen molar-refractivity contribution >= 4 is 18.0 Å². The summed E-state index contributed by atoms with van der Waals surface area (Å²) in [6.07, 6.45) is 1.37. The van der Waals surface area contributed by atoms with Gasteiger partial charge in [0, 0.05) is 12.0 Å². The molecular weight excluding hydrogens is 444 g/mol. The van der Waals surface area contributed by atoms with Gasteiger partial charge in [0.05, 0.1) is 5.92 Å². The number of carbonyl (C=O) groups excluding carboxylic acids is 2. The van der Waals surface area contributed by atoms with Crippen LogP contribution in [0.4, 0.5) is 4.79 Å². The van der Waals surface area contributed by atoms with Gasteiger partial charge in [-0.25, -0.2) is 4.79 Å². The van der Waals surface area contributed by atoms with E-state index >= 15 is 0 Å². The van der Waals surface area contributed by atoms with Crippen LogP contribution in [-0.2, 0) is 14.3 Å². The van der Waals surface area contributed by atoms with E-state index in [1.807, 2.05) is 45.0 Å². The Morgan fingerprint density at radius 3 is 2.14 bits per heavy atom. The summed E-state index contributed by atoms with van der Waals surface area (Å²) < 4.78 is 5.65. The van der Waals surface area contributed by atoms with Gasteiger partial charge in [0.15, 0.2) is 0 Å². The van der Waals surface area contributed by atoms with E-state index in [4.69, 9.17) is 4.74 Å². The number of benzene rings is 2. The van der Waals surface area contributed by atoms with E-state index in [0.29, 0.717) is 25.7 Å². The van der Waals surface area contributed by atoms with Gasteiger partial charge in [0.1, 0.15) is 12.6 Å². The lowest BCUT2D eigenvalue weighted by atomic mass is 9.87. The van der Waals surface area contributed by atoms with Gasteiger partial charge in [-0.1, -0.05) is 69.3 Å². The van der Waals surface area contributed by atoms with Gasteiger partial charge in [-0.2, -0.15) is 0 Å². The van der Waals surface area contributed by atoms with Crippen molar-refractivity contribution in [2.75, 3.05) is 6.61 Å². The van der Waals surface area contributed by atoms with Crippen molar-refractivity contribution in [2.24, 2.45) is 11.3 Å². The Bertz CT molecular complexity index is 1060. The number of nitrogens with one attached hydrogen (secondary N) is 2. The molecule has 186 valence electrons. The van der Waals surface area contributed by atoms with E-state index in [9.17, 15) is 19.5 Å². The smallest absolute Gasteiger partial charge is 0.407 e. The van der Waals surface area contributed by atoms with Crippen LogP contribution in [0, 0.1) is 11.3 Å². The first kappa shape index (κ1) is 24.8. The third kappa shape index (κ3) is 5.84. The zero-order valence-electron chi connectivity index (χ0n) is 20.5. The van der Waals surface area contributed by atoms with Crippen LogP contribution in [0.25, 0.3) is 11.1 Å². The molecule has 3 N–H and O–H groups in total. The molecule has 1 fully saturated rings. The average molecular weight is 479 g/mol. The first-order valence-corrected chi connectivity index (χ1v) is 12.3. The van der Waals surface area contributed by atoms with Crippen LogP contribution in [0.2, 0.25) is 0 Å². The second-order valence-corrected chi connectivity index (χ2v) is 10.8. The zero-order chi connectivity index (χ0) is 25.2. The lowest BCUT2D eigenvalue weighted by Crippen LogP contribution is -2.50. The second-order valence-electron chi connectivity index (χ2n) is 10.8. The molecule has 0 aliphatic heterocycles. The normalized spacial score (nSPS) is 20.0. The summed E-state index contributed by atoms with van der Waals surface area (Å²) in [5.41, 5.74) is 4.34. The Morgan fingerprint density at radius 1 is 1.00 bits per heavy atom. The van der Waals surface area contributed by atoms with Gasteiger partial charge in [-0.15, -0.1) is 0 Å². The molecule has 2 amide bonds. The fourth-order valence-electron chi connectivity index (χ4n) is 5.24. The molecule has 2 aliphatic carbocycles. The van der Waals surface area contributed by atoms with E-state index in [0.717, 1.165) is 22.3 Å². The number of amides is 2. The molecule has 2 aromatic carbocycles. The number of hydrogen-bond donors (Lipinski definition) is 3. The van der Waals surface area contributed by atoms with Crippen molar-refractivity contribution in [3.05, 3.63) is 59.7 Å². The van der Waals surface area contributed by atoms with Crippen molar-refractivity contribution in [1.82, 2.24) is 10.6 Å². The minimum atomic E-state index is -0.829. The number of fused-ring (bicyclic) bond motifs is 3. The van der Waals surface area contributed by atoms with E-state index in [1.165, 1.54) is 0 Å². The summed E-state index contributed by atoms with van der Waals surface area (Å²) in [4.78, 5) is 37.1. The number of carboxylic acid groups (broad SMARTS) is 1. The summed E-state index contributed by atoms with van der Waals surface area (Å²) in [6.45, 7) is 6.18. The standard InChI is InChI=1S/C28H34N2O5/c1-28(2,3)15-24(25(31)29-18-13-12-17(14-18)26(32)33)30-27(34)35-16-23-21-10-6-4-8-19(21)20-9-5-7-11-22(20)23/h4-11,17-18,23-24H,12-16H2,1-3H3,(H,29,31)(H,30,34)(H,32,33)/t17-,18+,24?/m0/s1. The summed E-state index contributed by atoms with van der Waals surface area (Å²) in [6, 6.07) is 15.3. The number of hydrogen-bond acceptors (Lipinski definition) is 4. The molecule has 0 radical (unpaired) electrons. The quantitative estimate of drug-likeness (QED) is 0.535. The predicted molar refractivity (Wildman–Crippen MR) is 133 cm³/mol. The average Bonchev–Trinajstić information content (AvgIpc) is 3.39. The van der Waals surface area contributed by atoms with Crippen LogP contribution in [0.15, 0.2) is 48.5 Å². The molecular formula is C28H34N2O5. The Labute approximate surface area is 206 Å². The monoisotopic (exact) mass is 478 g/mol. The molecule has 7 nitrogen and oxygen atoms in total. The van der Waals surface area contributed by atoms with Crippen molar-refractivity contribution < 1.29 is 24.2 Å². The summed E-state index contributed by atoms with van der Waals surface area (Å²) in [5, 5.41) is 14.9. The number of rotatable bonds is 7. The lowest BCUT2D eigenvalue weighted by Gasteiger charge is -2.27. The number of alkyl carbamates (subject to hydrolysis) is 1. The highest BCUT2D eigenvalue weighted by atomic mass is 16.5. The van der Waals surface area contributed by atoms with Crippen molar-refractivity contribution in [1.29, 1.82) is 0 Å². The second kappa shape index (κ2) is 10.1. The van der Waals surface area contributed by atoms with Crippen molar-refractivity contribution in [3.8, 4) is 11.1 Å². The molecule has 1 saturated carbocycles. The Kier molecular flexibility index (Phi) is 7.15. The third-order valence-corrected chi connectivity index (χ3v) is 6.90. The minimum Gasteiger partial charge on any atom is -0.481 e. The molecule has 0 heterocycles. The molecule has 0 aromatic heterocycles. The lowest BCUT2D eigenvalue weighted by molar-refractivity contribution is -0.141. The van der Waals surface area contributed by atoms with Gasteiger partial charge < -0.3 is 20.5 Å². The number of carbonyl (C=O) groups is 3. The van der Waals surface area contributed by atoms with Gasteiger partial charge in [-0.05, 0) is 53.4 Å². The molecule has 7 heteroatoms. The van der Waals surface area contributed by atoms with Crippen LogP contribution in [0.3, 0.4) is 0 Å². The molecule has 3 atom stereocenters. The van der Waals surface area contributed by atoms with E-state index in [2.05, 4.69) is 34.9 Å². The topological polar surface area (TPSA) is 105 Å². The highest BCUT2D eigenvalue weighted by Gasteiger charge is 2.34. The van der Waals surface area contributed by atoms with Crippen LogP contribution in [0.5, 0.6) is 0 Å². The zero-order valence-corrected chi connectivity index (χ0v) is 20.5. The SMILES string of the molecule is CC(C)(C)CC(NC(=O)OCC1c2ccccc2-c2ccccc21)C(=O)N[C@@H]1CC[C@H](C(=O)O)C1. The van der Waals surface area contributed by atoms with Crippen LogP contribution >= 0.6 is 0 Å². The van der Waals surface area contributed by atoms with Crippen molar-refractivity contribution in [3.63, 3.8) is 0 Å². The highest BCUT2D eigenvalue weighted by molar-refractivity contribution is 5.86. The summed E-state index contributed by atoms with van der Waals surface area (Å²) >= 11 is 0. The van der Waals surface area contributed by atoms with Crippen LogP contribution in [0.1, 0.15) is 63.5 Å². The molecule has 0 spiro atoms. The molecule has 4 rings (SSSR count). The van der Waals surface area contributed by atoms with Crippen molar-refractivity contribution in [2.45, 2.75) is 64.5 Å². The Hall–Kier alpha value is -3.35. The van der Waals surface area contributed by atoms with Gasteiger partial charge >= 0.3 is 12.1 Å². The van der Waals surface area contributed by atoms with E-state index in [1.54, 1.807) is 0 Å². The highest BCUT2D eigenvalue weighted by Crippen LogP contribution is 2.44. The predicted octanol–water partition coefficient (Wildman–Crippen LogP) is 4.70.